The first-order chi connectivity index (χ1) is 9.12. The summed E-state index contributed by atoms with van der Waals surface area (Å²) in [5.74, 6) is 7.71. The number of hydrazine groups is 1. The van der Waals surface area contributed by atoms with Crippen LogP contribution in [0.25, 0.3) is 0 Å². The molecule has 0 aliphatic carbocycles. The molecule has 0 fully saturated rings. The van der Waals surface area contributed by atoms with Crippen LogP contribution in [0.3, 0.4) is 0 Å². The maximum atomic E-state index is 5.43. The van der Waals surface area contributed by atoms with Gasteiger partial charge >= 0.3 is 0 Å². The summed E-state index contributed by atoms with van der Waals surface area (Å²) < 4.78 is 0.258. The number of rotatable bonds is 8. The Morgan fingerprint density at radius 3 is 2.32 bits per heavy atom. The molecule has 0 saturated carbocycles. The molecule has 0 saturated heterocycles. The van der Waals surface area contributed by atoms with Crippen molar-refractivity contribution < 1.29 is 0 Å². The number of anilines is 2. The van der Waals surface area contributed by atoms with Gasteiger partial charge in [-0.05, 0) is 19.1 Å². The summed E-state index contributed by atoms with van der Waals surface area (Å²) in [4.78, 5) is 8.76. The predicted octanol–water partition coefficient (Wildman–Crippen LogP) is 2.66. The van der Waals surface area contributed by atoms with E-state index in [4.69, 9.17) is 5.84 Å². The van der Waals surface area contributed by atoms with Crippen molar-refractivity contribution in [1.29, 1.82) is 0 Å². The highest BCUT2D eigenvalue weighted by atomic mass is 32.2. The lowest BCUT2D eigenvalue weighted by atomic mass is 10.0. The van der Waals surface area contributed by atoms with Crippen LogP contribution < -0.4 is 16.6 Å². The molecule has 4 N–H and O–H groups in total. The van der Waals surface area contributed by atoms with Gasteiger partial charge in [-0.2, -0.15) is 11.8 Å². The molecule has 0 aliphatic rings. The molecule has 0 amide bonds. The van der Waals surface area contributed by atoms with Crippen molar-refractivity contribution in [3.8, 4) is 0 Å². The quantitative estimate of drug-likeness (QED) is 0.503. The minimum atomic E-state index is 0.258. The molecule has 1 aromatic rings. The van der Waals surface area contributed by atoms with E-state index >= 15 is 0 Å². The van der Waals surface area contributed by atoms with Gasteiger partial charge in [0.2, 0.25) is 0 Å². The molecule has 1 aromatic heterocycles. The van der Waals surface area contributed by atoms with Crippen molar-refractivity contribution >= 4 is 23.4 Å². The van der Waals surface area contributed by atoms with E-state index in [9.17, 15) is 0 Å². The van der Waals surface area contributed by atoms with Crippen LogP contribution >= 0.6 is 11.8 Å². The number of nitrogens with two attached hydrogens (primary N) is 1. The first-order valence-electron chi connectivity index (χ1n) is 6.76. The Morgan fingerprint density at radius 1 is 1.21 bits per heavy atom. The minimum Gasteiger partial charge on any atom is -0.369 e. The van der Waals surface area contributed by atoms with Gasteiger partial charge in [0.1, 0.15) is 17.5 Å². The third-order valence-corrected chi connectivity index (χ3v) is 5.14. The molecule has 6 heteroatoms. The topological polar surface area (TPSA) is 75.9 Å². The van der Waals surface area contributed by atoms with Crippen LogP contribution in [-0.2, 0) is 6.42 Å². The molecule has 0 aromatic carbocycles. The first kappa shape index (κ1) is 16.0. The number of thioether (sulfide) groups is 1. The van der Waals surface area contributed by atoms with E-state index in [1.807, 2.05) is 24.8 Å². The van der Waals surface area contributed by atoms with E-state index in [0.29, 0.717) is 5.82 Å². The van der Waals surface area contributed by atoms with E-state index in [-0.39, 0.29) is 4.75 Å². The van der Waals surface area contributed by atoms with Gasteiger partial charge in [0.05, 0.1) is 0 Å². The Balaban J connectivity index is 2.81. The van der Waals surface area contributed by atoms with Gasteiger partial charge < -0.3 is 10.7 Å². The Labute approximate surface area is 120 Å². The van der Waals surface area contributed by atoms with Crippen molar-refractivity contribution in [2.75, 3.05) is 23.5 Å². The number of hydrogen-bond donors (Lipinski definition) is 3. The molecule has 0 radical (unpaired) electrons. The lowest BCUT2D eigenvalue weighted by Gasteiger charge is -2.30. The molecule has 108 valence electrons. The average molecular weight is 283 g/mol. The molecule has 5 nitrogen and oxygen atoms in total. The fourth-order valence-corrected chi connectivity index (χ4v) is 2.73. The van der Waals surface area contributed by atoms with Crippen molar-refractivity contribution in [3.05, 3.63) is 11.9 Å². The Bertz CT molecular complexity index is 362. The maximum Gasteiger partial charge on any atom is 0.145 e. The summed E-state index contributed by atoms with van der Waals surface area (Å²) in [5, 5.41) is 3.42. The van der Waals surface area contributed by atoms with Gasteiger partial charge in [0.25, 0.3) is 0 Å². The first-order valence-corrected chi connectivity index (χ1v) is 7.99. The molecule has 0 unspecified atom stereocenters. The SMILES string of the molecule is CCc1nc(NN)cc(NCC(CC)(CC)SC)n1. The van der Waals surface area contributed by atoms with Gasteiger partial charge in [-0.25, -0.2) is 15.8 Å². The molecule has 0 spiro atoms. The number of aromatic nitrogens is 2. The van der Waals surface area contributed by atoms with Crippen molar-refractivity contribution in [2.24, 2.45) is 5.84 Å². The summed E-state index contributed by atoms with van der Waals surface area (Å²) in [6.45, 7) is 7.38. The standard InChI is InChI=1S/C13H25N5S/c1-5-10-16-11(8-12(17-10)18-14)15-9-13(6-2,7-3)19-4/h8H,5-7,9,14H2,1-4H3,(H2,15,16,17,18). The second-order valence-corrected chi connectivity index (χ2v) is 5.77. The summed E-state index contributed by atoms with van der Waals surface area (Å²) in [5.41, 5.74) is 2.58. The van der Waals surface area contributed by atoms with Crippen LogP contribution in [0.15, 0.2) is 6.07 Å². The van der Waals surface area contributed by atoms with E-state index < -0.39 is 0 Å². The third-order valence-electron chi connectivity index (χ3n) is 3.55. The van der Waals surface area contributed by atoms with Gasteiger partial charge in [-0.3, -0.25) is 0 Å². The number of hydrogen-bond acceptors (Lipinski definition) is 6. The zero-order valence-electron chi connectivity index (χ0n) is 12.3. The monoisotopic (exact) mass is 283 g/mol. The van der Waals surface area contributed by atoms with E-state index in [1.165, 1.54) is 0 Å². The molecule has 0 atom stereocenters. The molecule has 1 rings (SSSR count). The number of nitrogen functional groups attached to an aromatic ring is 1. The largest absolute Gasteiger partial charge is 0.369 e. The molecule has 19 heavy (non-hydrogen) atoms. The molecular formula is C13H25N5S. The van der Waals surface area contributed by atoms with Crippen LogP contribution in [0.2, 0.25) is 0 Å². The van der Waals surface area contributed by atoms with Gasteiger partial charge in [0, 0.05) is 23.8 Å². The van der Waals surface area contributed by atoms with Crippen LogP contribution in [0, 0.1) is 0 Å². The van der Waals surface area contributed by atoms with Gasteiger partial charge in [0.15, 0.2) is 0 Å². The van der Waals surface area contributed by atoms with Crippen LogP contribution in [-0.4, -0.2) is 27.5 Å². The highest BCUT2D eigenvalue weighted by Crippen LogP contribution is 2.30. The summed E-state index contributed by atoms with van der Waals surface area (Å²) in [6.07, 6.45) is 5.22. The smallest absolute Gasteiger partial charge is 0.145 e. The third kappa shape index (κ3) is 4.24. The fraction of sp³-hybridized carbons (Fsp3) is 0.692. The molecule has 0 bridgehead atoms. The van der Waals surface area contributed by atoms with Crippen LogP contribution in [0.1, 0.15) is 39.4 Å². The Morgan fingerprint density at radius 2 is 1.84 bits per heavy atom. The van der Waals surface area contributed by atoms with E-state index in [1.54, 1.807) is 0 Å². The lowest BCUT2D eigenvalue weighted by molar-refractivity contribution is 0.573. The van der Waals surface area contributed by atoms with Gasteiger partial charge in [-0.1, -0.05) is 20.8 Å². The van der Waals surface area contributed by atoms with Crippen LogP contribution in [0.4, 0.5) is 11.6 Å². The predicted molar refractivity (Wildman–Crippen MR) is 84.5 cm³/mol. The number of aryl methyl sites for hydroxylation is 1. The second kappa shape index (κ2) is 7.55. The second-order valence-electron chi connectivity index (χ2n) is 4.50. The lowest BCUT2D eigenvalue weighted by Crippen LogP contribution is -2.32. The number of nitrogens with one attached hydrogen (secondary N) is 2. The van der Waals surface area contributed by atoms with Crippen LogP contribution in [0.5, 0.6) is 0 Å². The maximum absolute atomic E-state index is 5.43. The fourth-order valence-electron chi connectivity index (χ4n) is 1.93. The normalized spacial score (nSPS) is 11.4. The van der Waals surface area contributed by atoms with Gasteiger partial charge in [-0.15, -0.1) is 0 Å². The highest BCUT2D eigenvalue weighted by molar-refractivity contribution is 8.00. The van der Waals surface area contributed by atoms with Crippen molar-refractivity contribution in [2.45, 2.75) is 44.8 Å². The zero-order chi connectivity index (χ0) is 14.3. The molecule has 1 heterocycles. The molecule has 0 aliphatic heterocycles. The molecular weight excluding hydrogens is 258 g/mol. The van der Waals surface area contributed by atoms with Crippen molar-refractivity contribution in [3.63, 3.8) is 0 Å². The summed E-state index contributed by atoms with van der Waals surface area (Å²) in [6, 6.07) is 1.84. The Hall–Kier alpha value is -1.01. The Kier molecular flexibility index (Phi) is 6.37. The van der Waals surface area contributed by atoms with Crippen molar-refractivity contribution in [1.82, 2.24) is 9.97 Å². The number of nitrogens with zero attached hydrogens (tertiary/aromatic N) is 2. The van der Waals surface area contributed by atoms with E-state index in [2.05, 4.69) is 40.8 Å². The average Bonchev–Trinajstić information content (AvgIpc) is 2.48. The minimum absolute atomic E-state index is 0.258. The highest BCUT2D eigenvalue weighted by Gasteiger charge is 2.24. The zero-order valence-corrected chi connectivity index (χ0v) is 13.1. The summed E-state index contributed by atoms with van der Waals surface area (Å²) >= 11 is 1.91. The summed E-state index contributed by atoms with van der Waals surface area (Å²) in [7, 11) is 0. The van der Waals surface area contributed by atoms with E-state index in [0.717, 1.165) is 37.4 Å².